The molecule has 1 fully saturated rings. The molecule has 2 N–H and O–H groups in total. The van der Waals surface area contributed by atoms with Gasteiger partial charge in [0, 0.05) is 12.5 Å². The lowest BCUT2D eigenvalue weighted by molar-refractivity contribution is -0.136. The van der Waals surface area contributed by atoms with Gasteiger partial charge in [-0.3, -0.25) is 9.80 Å². The third-order valence-corrected chi connectivity index (χ3v) is 1.78. The second-order valence-electron chi connectivity index (χ2n) is 2.54. The molecule has 0 aliphatic carbocycles. The van der Waals surface area contributed by atoms with Crippen molar-refractivity contribution in [2.45, 2.75) is 32.2 Å². The van der Waals surface area contributed by atoms with E-state index in [4.69, 9.17) is 5.84 Å². The van der Waals surface area contributed by atoms with E-state index < -0.39 is 0 Å². The molecule has 1 aliphatic heterocycles. The van der Waals surface area contributed by atoms with E-state index in [-0.39, 0.29) is 11.9 Å². The summed E-state index contributed by atoms with van der Waals surface area (Å²) in [6.07, 6.45) is 2.66. The molecule has 0 aromatic carbocycles. The normalized spacial score (nSPS) is 28.9. The van der Waals surface area contributed by atoms with Gasteiger partial charge in [0.15, 0.2) is 0 Å². The first kappa shape index (κ1) is 6.55. The Labute approximate surface area is 54.8 Å². The number of hydrazine groups is 1. The molecule has 1 amide bonds. The minimum Gasteiger partial charge on any atom is -0.278 e. The number of hydrogen-bond donors (Lipinski definition) is 1. The lowest BCUT2D eigenvalue weighted by atomic mass is 10.1. The van der Waals surface area contributed by atoms with E-state index in [9.17, 15) is 4.79 Å². The molecule has 3 heteroatoms. The summed E-state index contributed by atoms with van der Waals surface area (Å²) in [6, 6.07) is 0.242. The quantitative estimate of drug-likeness (QED) is 0.376. The van der Waals surface area contributed by atoms with Crippen LogP contribution < -0.4 is 5.84 Å². The maximum Gasteiger partial charge on any atom is 0.236 e. The van der Waals surface area contributed by atoms with Crippen LogP contribution in [0.2, 0.25) is 0 Å². The number of carbonyl (C=O) groups is 1. The zero-order chi connectivity index (χ0) is 6.85. The van der Waals surface area contributed by atoms with Crippen molar-refractivity contribution in [1.29, 1.82) is 0 Å². The summed E-state index contributed by atoms with van der Waals surface area (Å²) in [5.74, 6) is 5.48. The van der Waals surface area contributed by atoms with E-state index in [0.717, 1.165) is 12.8 Å². The molecule has 1 heterocycles. The van der Waals surface area contributed by atoms with E-state index in [2.05, 4.69) is 0 Å². The SMILES string of the molecule is CC1CCCC(=O)N1N. The third-order valence-electron chi connectivity index (χ3n) is 1.78. The van der Waals surface area contributed by atoms with E-state index in [1.54, 1.807) is 0 Å². The van der Waals surface area contributed by atoms with Crippen LogP contribution >= 0.6 is 0 Å². The largest absolute Gasteiger partial charge is 0.278 e. The molecule has 1 saturated heterocycles. The lowest BCUT2D eigenvalue weighted by Gasteiger charge is -2.28. The van der Waals surface area contributed by atoms with Crippen LogP contribution in [0.1, 0.15) is 26.2 Å². The molecule has 0 radical (unpaired) electrons. The van der Waals surface area contributed by atoms with Crippen LogP contribution in [0, 0.1) is 0 Å². The minimum absolute atomic E-state index is 0.0775. The number of hydrogen-bond acceptors (Lipinski definition) is 2. The fourth-order valence-electron chi connectivity index (χ4n) is 1.06. The summed E-state index contributed by atoms with van der Waals surface area (Å²) in [5, 5.41) is 1.34. The summed E-state index contributed by atoms with van der Waals surface area (Å²) in [5.41, 5.74) is 0. The number of carbonyl (C=O) groups excluding carboxylic acids is 1. The second kappa shape index (κ2) is 2.35. The van der Waals surface area contributed by atoms with Crippen molar-refractivity contribution in [3.8, 4) is 0 Å². The van der Waals surface area contributed by atoms with E-state index in [0.29, 0.717) is 6.42 Å². The van der Waals surface area contributed by atoms with E-state index >= 15 is 0 Å². The van der Waals surface area contributed by atoms with E-state index in [1.165, 1.54) is 5.01 Å². The van der Waals surface area contributed by atoms with Crippen molar-refractivity contribution in [3.63, 3.8) is 0 Å². The first-order valence-electron chi connectivity index (χ1n) is 3.28. The molecule has 52 valence electrons. The Balaban J connectivity index is 2.51. The summed E-state index contributed by atoms with van der Waals surface area (Å²) in [6.45, 7) is 1.97. The van der Waals surface area contributed by atoms with Crippen molar-refractivity contribution in [2.75, 3.05) is 0 Å². The Morgan fingerprint density at radius 2 is 2.44 bits per heavy atom. The van der Waals surface area contributed by atoms with Crippen LogP contribution in [0.25, 0.3) is 0 Å². The molecule has 0 aromatic rings. The van der Waals surface area contributed by atoms with Gasteiger partial charge in [0.05, 0.1) is 0 Å². The fraction of sp³-hybridized carbons (Fsp3) is 0.833. The highest BCUT2D eigenvalue weighted by Gasteiger charge is 2.20. The Morgan fingerprint density at radius 1 is 1.78 bits per heavy atom. The van der Waals surface area contributed by atoms with E-state index in [1.807, 2.05) is 6.92 Å². The molecule has 0 saturated carbocycles. The van der Waals surface area contributed by atoms with Crippen molar-refractivity contribution in [2.24, 2.45) is 5.84 Å². The van der Waals surface area contributed by atoms with Crippen molar-refractivity contribution in [3.05, 3.63) is 0 Å². The molecule has 3 nitrogen and oxygen atoms in total. The standard InChI is InChI=1S/C6H12N2O/c1-5-3-2-4-6(9)8(5)7/h5H,2-4,7H2,1H3. The highest BCUT2D eigenvalue weighted by Crippen LogP contribution is 2.13. The topological polar surface area (TPSA) is 46.3 Å². The Kier molecular flexibility index (Phi) is 1.71. The smallest absolute Gasteiger partial charge is 0.236 e. The van der Waals surface area contributed by atoms with Gasteiger partial charge in [-0.15, -0.1) is 0 Å². The zero-order valence-electron chi connectivity index (χ0n) is 5.63. The van der Waals surface area contributed by atoms with Crippen molar-refractivity contribution in [1.82, 2.24) is 5.01 Å². The van der Waals surface area contributed by atoms with Crippen LogP contribution in [0.15, 0.2) is 0 Å². The molecule has 0 spiro atoms. The molecule has 1 unspecified atom stereocenters. The van der Waals surface area contributed by atoms with Crippen LogP contribution in [0.3, 0.4) is 0 Å². The van der Waals surface area contributed by atoms with Gasteiger partial charge in [-0.05, 0) is 19.8 Å². The van der Waals surface area contributed by atoms with Gasteiger partial charge in [0.25, 0.3) is 0 Å². The third kappa shape index (κ3) is 1.21. The van der Waals surface area contributed by atoms with Gasteiger partial charge in [-0.2, -0.15) is 0 Å². The molecular weight excluding hydrogens is 116 g/mol. The van der Waals surface area contributed by atoms with Crippen LogP contribution in [-0.4, -0.2) is 17.0 Å². The first-order chi connectivity index (χ1) is 4.22. The van der Waals surface area contributed by atoms with Crippen molar-refractivity contribution < 1.29 is 4.79 Å². The number of amides is 1. The zero-order valence-corrected chi connectivity index (χ0v) is 5.63. The summed E-state index contributed by atoms with van der Waals surface area (Å²) in [7, 11) is 0. The van der Waals surface area contributed by atoms with Gasteiger partial charge in [0.2, 0.25) is 5.91 Å². The molecule has 1 atom stereocenters. The minimum atomic E-state index is 0.0775. The summed E-state index contributed by atoms with van der Waals surface area (Å²) in [4.78, 5) is 10.8. The van der Waals surface area contributed by atoms with Crippen LogP contribution in [-0.2, 0) is 4.79 Å². The van der Waals surface area contributed by atoms with Crippen LogP contribution in [0.5, 0.6) is 0 Å². The molecule has 1 rings (SSSR count). The van der Waals surface area contributed by atoms with Gasteiger partial charge >= 0.3 is 0 Å². The van der Waals surface area contributed by atoms with Gasteiger partial charge in [-0.25, -0.2) is 5.84 Å². The highest BCUT2D eigenvalue weighted by molar-refractivity contribution is 5.76. The predicted octanol–water partition coefficient (Wildman–Crippen LogP) is 0.261. The average Bonchev–Trinajstić information content (AvgIpc) is 1.83. The molecule has 1 aliphatic rings. The second-order valence-corrected chi connectivity index (χ2v) is 2.54. The Hall–Kier alpha value is -0.570. The monoisotopic (exact) mass is 128 g/mol. The number of rotatable bonds is 0. The van der Waals surface area contributed by atoms with Crippen molar-refractivity contribution >= 4 is 5.91 Å². The molecule has 0 bridgehead atoms. The van der Waals surface area contributed by atoms with Gasteiger partial charge in [-0.1, -0.05) is 0 Å². The Morgan fingerprint density at radius 3 is 2.89 bits per heavy atom. The highest BCUT2D eigenvalue weighted by atomic mass is 16.2. The number of nitrogens with zero attached hydrogens (tertiary/aromatic N) is 1. The number of nitrogens with two attached hydrogens (primary N) is 1. The average molecular weight is 128 g/mol. The predicted molar refractivity (Wildman–Crippen MR) is 34.3 cm³/mol. The van der Waals surface area contributed by atoms with Gasteiger partial charge < -0.3 is 0 Å². The summed E-state index contributed by atoms with van der Waals surface area (Å²) >= 11 is 0. The lowest BCUT2D eigenvalue weighted by Crippen LogP contribution is -2.46. The number of piperidine rings is 1. The van der Waals surface area contributed by atoms with Gasteiger partial charge in [0.1, 0.15) is 0 Å². The molecular formula is C6H12N2O. The fourth-order valence-corrected chi connectivity index (χ4v) is 1.06. The van der Waals surface area contributed by atoms with Crippen LogP contribution in [0.4, 0.5) is 0 Å². The first-order valence-corrected chi connectivity index (χ1v) is 3.28. The maximum atomic E-state index is 10.8. The summed E-state index contributed by atoms with van der Waals surface area (Å²) < 4.78 is 0. The Bertz CT molecular complexity index is 124. The molecule has 0 aromatic heterocycles. The molecule has 9 heavy (non-hydrogen) atoms. The maximum absolute atomic E-state index is 10.8.